The molecule has 1 aromatic heterocycles. The molecule has 1 saturated heterocycles. The van der Waals surface area contributed by atoms with E-state index in [0.717, 1.165) is 19.5 Å². The number of hydrogen-bond donors (Lipinski definition) is 2. The second kappa shape index (κ2) is 8.32. The molecule has 2 aliphatic rings. The van der Waals surface area contributed by atoms with Crippen LogP contribution in [-0.2, 0) is 11.2 Å². The Morgan fingerprint density at radius 1 is 1.45 bits per heavy atom. The zero-order valence-corrected chi connectivity index (χ0v) is 14.9. The van der Waals surface area contributed by atoms with Crippen LogP contribution >= 0.6 is 23.7 Å². The van der Waals surface area contributed by atoms with Gasteiger partial charge in [-0.1, -0.05) is 6.92 Å². The number of nitrogens with one attached hydrogen (secondary N) is 2. The van der Waals surface area contributed by atoms with Gasteiger partial charge in [0.05, 0.1) is 6.04 Å². The number of thiophene rings is 1. The first-order chi connectivity index (χ1) is 10.2. The van der Waals surface area contributed by atoms with E-state index in [1.54, 1.807) is 0 Å². The Kier molecular flexibility index (Phi) is 6.72. The lowest BCUT2D eigenvalue weighted by molar-refractivity contribution is -0.123. The van der Waals surface area contributed by atoms with Crippen molar-refractivity contribution in [1.29, 1.82) is 0 Å². The molecular formula is C17H27ClN2OS. The molecule has 2 N–H and O–H groups in total. The summed E-state index contributed by atoms with van der Waals surface area (Å²) in [5.41, 5.74) is 1.37. The highest BCUT2D eigenvalue weighted by atomic mass is 35.5. The predicted octanol–water partition coefficient (Wildman–Crippen LogP) is 3.69. The van der Waals surface area contributed by atoms with E-state index in [1.807, 2.05) is 11.3 Å². The summed E-state index contributed by atoms with van der Waals surface area (Å²) in [6, 6.07) is 2.45. The van der Waals surface area contributed by atoms with E-state index in [-0.39, 0.29) is 24.4 Å². The number of carbonyl (C=O) groups is 1. The monoisotopic (exact) mass is 342 g/mol. The van der Waals surface area contributed by atoms with E-state index < -0.39 is 0 Å². The average Bonchev–Trinajstić information content (AvgIpc) is 2.97. The predicted molar refractivity (Wildman–Crippen MR) is 94.8 cm³/mol. The number of fused-ring (bicyclic) bond motifs is 1. The smallest absolute Gasteiger partial charge is 0.220 e. The van der Waals surface area contributed by atoms with Crippen LogP contribution < -0.4 is 10.6 Å². The molecule has 124 valence electrons. The van der Waals surface area contributed by atoms with Crippen LogP contribution in [0.5, 0.6) is 0 Å². The van der Waals surface area contributed by atoms with Gasteiger partial charge in [0.25, 0.3) is 0 Å². The summed E-state index contributed by atoms with van der Waals surface area (Å²) in [4.78, 5) is 13.8. The third-order valence-electron chi connectivity index (χ3n) is 5.03. The van der Waals surface area contributed by atoms with E-state index in [1.165, 1.54) is 36.1 Å². The van der Waals surface area contributed by atoms with Crippen molar-refractivity contribution in [3.05, 3.63) is 21.9 Å². The summed E-state index contributed by atoms with van der Waals surface area (Å²) < 4.78 is 0. The standard InChI is InChI=1S/C17H26N2OS.ClH/c1-12(13-4-3-8-18-11-13)10-17(20)19-15-5-2-6-16-14(15)7-9-21-16;/h7,9,12-13,15,18H,2-6,8,10-11H2,1H3,(H,19,20);1H. The number of amides is 1. The fourth-order valence-electron chi connectivity index (χ4n) is 3.71. The van der Waals surface area contributed by atoms with Crippen LogP contribution in [0, 0.1) is 11.8 Å². The first-order valence-corrected chi connectivity index (χ1v) is 9.18. The second-order valence-corrected chi connectivity index (χ2v) is 7.60. The highest BCUT2D eigenvalue weighted by Gasteiger charge is 2.25. The number of piperidine rings is 1. The number of hydrogen-bond acceptors (Lipinski definition) is 3. The van der Waals surface area contributed by atoms with Crippen LogP contribution in [0.1, 0.15) is 55.5 Å². The van der Waals surface area contributed by atoms with Crippen molar-refractivity contribution in [3.8, 4) is 0 Å². The molecule has 3 atom stereocenters. The molecule has 3 nitrogen and oxygen atoms in total. The molecule has 1 fully saturated rings. The molecule has 1 aliphatic carbocycles. The number of rotatable bonds is 4. The summed E-state index contributed by atoms with van der Waals surface area (Å²) in [5.74, 6) is 1.37. The molecule has 1 amide bonds. The highest BCUT2D eigenvalue weighted by molar-refractivity contribution is 7.10. The van der Waals surface area contributed by atoms with E-state index in [0.29, 0.717) is 18.3 Å². The van der Waals surface area contributed by atoms with Crippen molar-refractivity contribution in [1.82, 2.24) is 10.6 Å². The number of aryl methyl sites for hydroxylation is 1. The third kappa shape index (κ3) is 4.24. The van der Waals surface area contributed by atoms with E-state index >= 15 is 0 Å². The Bertz CT molecular complexity index is 485. The summed E-state index contributed by atoms with van der Waals surface area (Å²) in [6.45, 7) is 4.44. The van der Waals surface area contributed by atoms with Gasteiger partial charge >= 0.3 is 0 Å². The summed E-state index contributed by atoms with van der Waals surface area (Å²) in [6.07, 6.45) is 6.65. The lowest BCUT2D eigenvalue weighted by Crippen LogP contribution is -2.36. The minimum Gasteiger partial charge on any atom is -0.349 e. The van der Waals surface area contributed by atoms with Crippen molar-refractivity contribution >= 4 is 29.7 Å². The molecule has 0 spiro atoms. The van der Waals surface area contributed by atoms with Crippen LogP contribution in [0.2, 0.25) is 0 Å². The SMILES string of the molecule is CC(CC(=O)NC1CCCc2sccc21)C1CCCNC1.Cl. The van der Waals surface area contributed by atoms with Crippen LogP contribution in [0.3, 0.4) is 0 Å². The first kappa shape index (κ1) is 17.8. The molecule has 1 aromatic rings. The zero-order valence-electron chi connectivity index (χ0n) is 13.3. The third-order valence-corrected chi connectivity index (χ3v) is 6.03. The van der Waals surface area contributed by atoms with Crippen molar-refractivity contribution in [2.75, 3.05) is 13.1 Å². The molecule has 0 bridgehead atoms. The fourth-order valence-corrected chi connectivity index (χ4v) is 4.70. The molecule has 22 heavy (non-hydrogen) atoms. The van der Waals surface area contributed by atoms with Gasteiger partial charge < -0.3 is 10.6 Å². The van der Waals surface area contributed by atoms with Crippen molar-refractivity contribution < 1.29 is 4.79 Å². The topological polar surface area (TPSA) is 41.1 Å². The van der Waals surface area contributed by atoms with Gasteiger partial charge in [0, 0.05) is 11.3 Å². The van der Waals surface area contributed by atoms with Crippen molar-refractivity contribution in [3.63, 3.8) is 0 Å². The van der Waals surface area contributed by atoms with Crippen LogP contribution in [0.4, 0.5) is 0 Å². The van der Waals surface area contributed by atoms with Gasteiger partial charge in [-0.3, -0.25) is 4.79 Å². The second-order valence-electron chi connectivity index (χ2n) is 6.60. The Labute approximate surface area is 143 Å². The molecule has 3 unspecified atom stereocenters. The molecule has 2 heterocycles. The van der Waals surface area contributed by atoms with Gasteiger partial charge in [0.1, 0.15) is 0 Å². The van der Waals surface area contributed by atoms with Crippen molar-refractivity contribution in [2.45, 2.75) is 51.5 Å². The van der Waals surface area contributed by atoms with Crippen LogP contribution in [-0.4, -0.2) is 19.0 Å². The Morgan fingerprint density at radius 3 is 3.09 bits per heavy atom. The van der Waals surface area contributed by atoms with Gasteiger partial charge in [-0.05, 0) is 74.0 Å². The Morgan fingerprint density at radius 2 is 2.32 bits per heavy atom. The Balaban J connectivity index is 0.00000176. The normalized spacial score (nSPS) is 25.7. The van der Waals surface area contributed by atoms with E-state index in [9.17, 15) is 4.79 Å². The maximum Gasteiger partial charge on any atom is 0.220 e. The van der Waals surface area contributed by atoms with Gasteiger partial charge in [0.2, 0.25) is 5.91 Å². The lowest BCUT2D eigenvalue weighted by atomic mass is 9.85. The quantitative estimate of drug-likeness (QED) is 0.876. The largest absolute Gasteiger partial charge is 0.349 e. The molecule has 1 aliphatic heterocycles. The lowest BCUT2D eigenvalue weighted by Gasteiger charge is -2.29. The van der Waals surface area contributed by atoms with Gasteiger partial charge in [-0.2, -0.15) is 0 Å². The Hall–Kier alpha value is -0.580. The van der Waals surface area contributed by atoms with Crippen LogP contribution in [0.15, 0.2) is 11.4 Å². The number of carbonyl (C=O) groups excluding carboxylic acids is 1. The molecule has 0 saturated carbocycles. The van der Waals surface area contributed by atoms with Gasteiger partial charge in [-0.15, -0.1) is 23.7 Å². The summed E-state index contributed by atoms with van der Waals surface area (Å²) in [7, 11) is 0. The summed E-state index contributed by atoms with van der Waals surface area (Å²) in [5, 5.41) is 8.89. The molecule has 3 rings (SSSR count). The number of halogens is 1. The highest BCUT2D eigenvalue weighted by Crippen LogP contribution is 2.33. The van der Waals surface area contributed by atoms with E-state index in [2.05, 4.69) is 29.0 Å². The van der Waals surface area contributed by atoms with E-state index in [4.69, 9.17) is 0 Å². The maximum absolute atomic E-state index is 12.4. The van der Waals surface area contributed by atoms with Crippen molar-refractivity contribution in [2.24, 2.45) is 11.8 Å². The fraction of sp³-hybridized carbons (Fsp3) is 0.706. The molecule has 0 aromatic carbocycles. The maximum atomic E-state index is 12.4. The molecular weight excluding hydrogens is 316 g/mol. The molecule has 0 radical (unpaired) electrons. The van der Waals surface area contributed by atoms with Gasteiger partial charge in [0.15, 0.2) is 0 Å². The molecule has 5 heteroatoms. The average molecular weight is 343 g/mol. The summed E-state index contributed by atoms with van der Waals surface area (Å²) >= 11 is 1.83. The van der Waals surface area contributed by atoms with Gasteiger partial charge in [-0.25, -0.2) is 0 Å². The minimum absolute atomic E-state index is 0. The zero-order chi connectivity index (χ0) is 14.7. The van der Waals surface area contributed by atoms with Crippen LogP contribution in [0.25, 0.3) is 0 Å². The minimum atomic E-state index is 0. The first-order valence-electron chi connectivity index (χ1n) is 8.30.